The molecule has 21 heavy (non-hydrogen) atoms. The first kappa shape index (κ1) is 15.7. The average Bonchev–Trinajstić information content (AvgIpc) is 3.00. The van der Waals surface area contributed by atoms with Gasteiger partial charge >= 0.3 is 0 Å². The molecule has 2 rings (SSSR count). The molecule has 1 atom stereocenters. The zero-order valence-corrected chi connectivity index (χ0v) is 12.6. The van der Waals surface area contributed by atoms with Crippen molar-refractivity contribution in [3.05, 3.63) is 58.0 Å². The Morgan fingerprint density at radius 3 is 2.67 bits per heavy atom. The van der Waals surface area contributed by atoms with Gasteiger partial charge in [-0.05, 0) is 53.4 Å². The van der Waals surface area contributed by atoms with E-state index in [9.17, 15) is 14.3 Å². The van der Waals surface area contributed by atoms with Crippen molar-refractivity contribution in [3.8, 4) is 0 Å². The van der Waals surface area contributed by atoms with Gasteiger partial charge in [0, 0.05) is 6.42 Å². The van der Waals surface area contributed by atoms with Crippen LogP contribution in [0.15, 0.2) is 41.1 Å². The van der Waals surface area contributed by atoms with E-state index in [1.54, 1.807) is 19.1 Å². The Bertz CT molecular complexity index is 579. The van der Waals surface area contributed by atoms with Gasteiger partial charge in [0.25, 0.3) is 0 Å². The van der Waals surface area contributed by atoms with Crippen LogP contribution in [0.4, 0.5) is 4.39 Å². The Balaban J connectivity index is 1.78. The van der Waals surface area contributed by atoms with E-state index < -0.39 is 5.60 Å². The molecule has 0 radical (unpaired) electrons. The monoisotopic (exact) mass is 307 g/mol. The summed E-state index contributed by atoms with van der Waals surface area (Å²) in [5.41, 5.74) is 0.647. The van der Waals surface area contributed by atoms with Crippen LogP contribution in [-0.2, 0) is 16.8 Å². The van der Waals surface area contributed by atoms with Crippen molar-refractivity contribution >= 4 is 17.2 Å². The SMILES string of the molecule is CC(O)(CNC(=O)CCc1ccc(F)cc1)c1ccsc1. The maximum Gasteiger partial charge on any atom is 0.220 e. The van der Waals surface area contributed by atoms with Crippen LogP contribution in [0.5, 0.6) is 0 Å². The Labute approximate surface area is 127 Å². The molecular weight excluding hydrogens is 289 g/mol. The molecule has 0 aliphatic rings. The van der Waals surface area contributed by atoms with Gasteiger partial charge in [0.2, 0.25) is 5.91 Å². The topological polar surface area (TPSA) is 49.3 Å². The van der Waals surface area contributed by atoms with Crippen LogP contribution < -0.4 is 5.32 Å². The fourth-order valence-electron chi connectivity index (χ4n) is 1.94. The fourth-order valence-corrected chi connectivity index (χ4v) is 2.72. The zero-order chi connectivity index (χ0) is 15.3. The highest BCUT2D eigenvalue weighted by Gasteiger charge is 2.23. The summed E-state index contributed by atoms with van der Waals surface area (Å²) in [6.07, 6.45) is 0.859. The highest BCUT2D eigenvalue weighted by atomic mass is 32.1. The van der Waals surface area contributed by atoms with Crippen molar-refractivity contribution in [3.63, 3.8) is 0 Å². The number of nitrogens with one attached hydrogen (secondary N) is 1. The molecule has 1 unspecified atom stereocenters. The lowest BCUT2D eigenvalue weighted by molar-refractivity contribution is -0.122. The Morgan fingerprint density at radius 1 is 1.33 bits per heavy atom. The fraction of sp³-hybridized carbons (Fsp3) is 0.312. The van der Waals surface area contributed by atoms with Crippen LogP contribution in [0.3, 0.4) is 0 Å². The third-order valence-electron chi connectivity index (χ3n) is 3.33. The second-order valence-corrected chi connectivity index (χ2v) is 5.97. The van der Waals surface area contributed by atoms with Gasteiger partial charge in [0.15, 0.2) is 0 Å². The van der Waals surface area contributed by atoms with Crippen LogP contribution in [0.2, 0.25) is 0 Å². The molecule has 0 aliphatic carbocycles. The summed E-state index contributed by atoms with van der Waals surface area (Å²) >= 11 is 1.51. The normalized spacial score (nSPS) is 13.7. The van der Waals surface area contributed by atoms with E-state index in [0.717, 1.165) is 11.1 Å². The number of benzene rings is 1. The number of hydrogen-bond acceptors (Lipinski definition) is 3. The summed E-state index contributed by atoms with van der Waals surface area (Å²) < 4.78 is 12.8. The van der Waals surface area contributed by atoms with Crippen molar-refractivity contribution in [1.82, 2.24) is 5.32 Å². The molecule has 5 heteroatoms. The predicted molar refractivity (Wildman–Crippen MR) is 81.6 cm³/mol. The predicted octanol–water partition coefficient (Wildman–Crippen LogP) is 2.84. The first-order valence-electron chi connectivity index (χ1n) is 6.73. The van der Waals surface area contributed by atoms with Crippen molar-refractivity contribution < 1.29 is 14.3 Å². The minimum atomic E-state index is -1.06. The molecule has 1 amide bonds. The maximum atomic E-state index is 12.8. The number of amides is 1. The number of rotatable bonds is 6. The molecule has 0 fully saturated rings. The molecule has 2 N–H and O–H groups in total. The number of hydrogen-bond donors (Lipinski definition) is 2. The Kier molecular flexibility index (Phi) is 5.09. The second kappa shape index (κ2) is 6.83. The Morgan fingerprint density at radius 2 is 2.05 bits per heavy atom. The smallest absolute Gasteiger partial charge is 0.220 e. The quantitative estimate of drug-likeness (QED) is 0.862. The number of halogens is 1. The van der Waals surface area contributed by atoms with Crippen LogP contribution in [0, 0.1) is 5.82 Å². The molecule has 1 heterocycles. The minimum Gasteiger partial charge on any atom is -0.384 e. The second-order valence-electron chi connectivity index (χ2n) is 5.19. The lowest BCUT2D eigenvalue weighted by atomic mass is 9.99. The largest absolute Gasteiger partial charge is 0.384 e. The van der Waals surface area contributed by atoms with Crippen molar-refractivity contribution in [2.24, 2.45) is 0 Å². The molecule has 112 valence electrons. The summed E-state index contributed by atoms with van der Waals surface area (Å²) in [5, 5.41) is 16.8. The molecule has 0 bridgehead atoms. The van der Waals surface area contributed by atoms with E-state index in [1.165, 1.54) is 23.5 Å². The zero-order valence-electron chi connectivity index (χ0n) is 11.8. The summed E-state index contributed by atoms with van der Waals surface area (Å²) in [4.78, 5) is 11.8. The molecule has 1 aromatic heterocycles. The van der Waals surface area contributed by atoms with Crippen molar-refractivity contribution in [2.75, 3.05) is 6.54 Å². The number of carbonyl (C=O) groups excluding carboxylic acids is 1. The first-order chi connectivity index (χ1) is 9.97. The number of aryl methyl sites for hydroxylation is 1. The number of aliphatic hydroxyl groups is 1. The number of carbonyl (C=O) groups is 1. The van der Waals surface area contributed by atoms with Crippen molar-refractivity contribution in [1.29, 1.82) is 0 Å². The van der Waals surface area contributed by atoms with Gasteiger partial charge in [-0.3, -0.25) is 4.79 Å². The lowest BCUT2D eigenvalue weighted by Gasteiger charge is -2.22. The third kappa shape index (κ3) is 4.65. The third-order valence-corrected chi connectivity index (χ3v) is 4.01. The Hall–Kier alpha value is -1.72. The average molecular weight is 307 g/mol. The van der Waals surface area contributed by atoms with E-state index in [-0.39, 0.29) is 18.3 Å². The van der Waals surface area contributed by atoms with Gasteiger partial charge in [-0.15, -0.1) is 0 Å². The summed E-state index contributed by atoms with van der Waals surface area (Å²) in [6.45, 7) is 1.85. The van der Waals surface area contributed by atoms with Gasteiger partial charge in [-0.2, -0.15) is 11.3 Å². The molecule has 0 aliphatic heterocycles. The van der Waals surface area contributed by atoms with Gasteiger partial charge in [0.1, 0.15) is 11.4 Å². The molecule has 1 aromatic carbocycles. The van der Waals surface area contributed by atoms with Crippen LogP contribution in [0.25, 0.3) is 0 Å². The summed E-state index contributed by atoms with van der Waals surface area (Å²) in [7, 11) is 0. The summed E-state index contributed by atoms with van der Waals surface area (Å²) in [5.74, 6) is -0.412. The molecule has 0 saturated heterocycles. The standard InChI is InChI=1S/C16H18FNO2S/c1-16(20,13-8-9-21-10-13)11-18-15(19)7-4-12-2-5-14(17)6-3-12/h2-3,5-6,8-10,20H,4,7,11H2,1H3,(H,18,19). The van der Waals surface area contributed by atoms with Gasteiger partial charge in [0.05, 0.1) is 6.54 Å². The van der Waals surface area contributed by atoms with E-state index in [0.29, 0.717) is 12.8 Å². The molecular formula is C16H18FNO2S. The van der Waals surface area contributed by atoms with Crippen LogP contribution in [-0.4, -0.2) is 17.6 Å². The molecule has 0 saturated carbocycles. The van der Waals surface area contributed by atoms with Gasteiger partial charge in [-0.25, -0.2) is 4.39 Å². The molecule has 3 nitrogen and oxygen atoms in total. The summed E-state index contributed by atoms with van der Waals surface area (Å²) in [6, 6.07) is 7.95. The van der Waals surface area contributed by atoms with E-state index in [4.69, 9.17) is 0 Å². The van der Waals surface area contributed by atoms with Gasteiger partial charge < -0.3 is 10.4 Å². The van der Waals surface area contributed by atoms with Crippen LogP contribution >= 0.6 is 11.3 Å². The highest BCUT2D eigenvalue weighted by Crippen LogP contribution is 2.22. The lowest BCUT2D eigenvalue weighted by Crippen LogP contribution is -2.38. The maximum absolute atomic E-state index is 12.8. The van der Waals surface area contributed by atoms with Crippen LogP contribution in [0.1, 0.15) is 24.5 Å². The number of thiophene rings is 1. The van der Waals surface area contributed by atoms with E-state index >= 15 is 0 Å². The molecule has 0 spiro atoms. The van der Waals surface area contributed by atoms with Crippen molar-refractivity contribution in [2.45, 2.75) is 25.4 Å². The first-order valence-corrected chi connectivity index (χ1v) is 7.68. The minimum absolute atomic E-state index is 0.130. The van der Waals surface area contributed by atoms with Gasteiger partial charge in [-0.1, -0.05) is 12.1 Å². The molecule has 2 aromatic rings. The van der Waals surface area contributed by atoms with E-state index in [2.05, 4.69) is 5.32 Å². The highest BCUT2D eigenvalue weighted by molar-refractivity contribution is 7.08. The van der Waals surface area contributed by atoms with E-state index in [1.807, 2.05) is 16.8 Å².